The predicted octanol–water partition coefficient (Wildman–Crippen LogP) is 2.93. The van der Waals surface area contributed by atoms with Crippen LogP contribution in [0.1, 0.15) is 21.6 Å². The summed E-state index contributed by atoms with van der Waals surface area (Å²) in [5.74, 6) is 0.827. The summed E-state index contributed by atoms with van der Waals surface area (Å²) >= 11 is 0. The van der Waals surface area contributed by atoms with Crippen molar-refractivity contribution >= 4 is 5.69 Å². The molecule has 0 radical (unpaired) electrons. The number of ether oxygens (including phenoxy) is 1. The molecule has 0 unspecified atom stereocenters. The van der Waals surface area contributed by atoms with Gasteiger partial charge in [-0.05, 0) is 25.5 Å². The topological polar surface area (TPSA) is 12.5 Å². The molecule has 0 aliphatic rings. The fourth-order valence-corrected chi connectivity index (χ4v) is 1.12. The molecule has 0 saturated carbocycles. The second-order valence-electron chi connectivity index (χ2n) is 3.55. The summed E-state index contributed by atoms with van der Waals surface area (Å²) in [4.78, 5) is 2.03. The maximum absolute atomic E-state index is 7.54. The van der Waals surface area contributed by atoms with E-state index in [0.717, 1.165) is 11.4 Å². The molecular formula is C12H19NO. The minimum atomic E-state index is -0.215. The largest absolute Gasteiger partial charge is 0.491 e. The molecule has 1 aromatic rings. The molecule has 2 atom stereocenters. The van der Waals surface area contributed by atoms with E-state index in [0.29, 0.717) is 0 Å². The van der Waals surface area contributed by atoms with Crippen molar-refractivity contribution < 1.29 is 6.11 Å². The SMILES string of the molecule is [2H][C@@H](C)[C@@H](C)Oc1cccc(N(C)C)c1. The number of nitrogens with zero attached hydrogens (tertiary/aromatic N) is 1. The van der Waals surface area contributed by atoms with Crippen LogP contribution in [0.25, 0.3) is 0 Å². The highest BCUT2D eigenvalue weighted by Gasteiger charge is 2.02. The maximum Gasteiger partial charge on any atom is 0.121 e. The number of anilines is 1. The molecule has 1 aromatic carbocycles. The zero-order chi connectivity index (χ0) is 11.4. The highest BCUT2D eigenvalue weighted by atomic mass is 16.5. The van der Waals surface area contributed by atoms with Crippen LogP contribution in [0.5, 0.6) is 5.75 Å². The van der Waals surface area contributed by atoms with Gasteiger partial charge in [-0.3, -0.25) is 0 Å². The van der Waals surface area contributed by atoms with Crippen LogP contribution in [-0.2, 0) is 0 Å². The van der Waals surface area contributed by atoms with Crippen LogP contribution in [0.3, 0.4) is 0 Å². The van der Waals surface area contributed by atoms with Gasteiger partial charge in [-0.1, -0.05) is 13.0 Å². The molecule has 0 aliphatic heterocycles. The third-order valence-corrected chi connectivity index (χ3v) is 2.13. The standard InChI is InChI=1S/C12H19NO/c1-5-10(2)14-12-8-6-7-11(9-12)13(3)4/h6-10H,5H2,1-4H3/t10-/m1/s1/i5D/t5-,10+/m0. The van der Waals surface area contributed by atoms with Crippen molar-refractivity contribution in [2.24, 2.45) is 0 Å². The maximum atomic E-state index is 7.54. The summed E-state index contributed by atoms with van der Waals surface area (Å²) in [7, 11) is 3.99. The van der Waals surface area contributed by atoms with Crippen molar-refractivity contribution in [3.63, 3.8) is 0 Å². The van der Waals surface area contributed by atoms with E-state index >= 15 is 0 Å². The van der Waals surface area contributed by atoms with Gasteiger partial charge < -0.3 is 9.64 Å². The van der Waals surface area contributed by atoms with Gasteiger partial charge in [0.25, 0.3) is 0 Å². The van der Waals surface area contributed by atoms with Crippen molar-refractivity contribution in [1.82, 2.24) is 0 Å². The average molecular weight is 194 g/mol. The smallest absolute Gasteiger partial charge is 0.121 e. The summed E-state index contributed by atoms with van der Waals surface area (Å²) in [6.07, 6.45) is -0.296. The van der Waals surface area contributed by atoms with E-state index in [9.17, 15) is 0 Å². The minimum Gasteiger partial charge on any atom is -0.491 e. The molecule has 0 aromatic heterocycles. The van der Waals surface area contributed by atoms with Gasteiger partial charge >= 0.3 is 0 Å². The zero-order valence-electron chi connectivity index (χ0n) is 10.3. The first-order valence-electron chi connectivity index (χ1n) is 5.44. The Hall–Kier alpha value is -1.18. The summed E-state index contributed by atoms with van der Waals surface area (Å²) in [5, 5.41) is 0. The van der Waals surface area contributed by atoms with Gasteiger partial charge in [-0.2, -0.15) is 0 Å². The van der Waals surface area contributed by atoms with Crippen LogP contribution in [0, 0.1) is 0 Å². The third kappa shape index (κ3) is 2.95. The van der Waals surface area contributed by atoms with E-state index in [1.54, 1.807) is 0 Å². The van der Waals surface area contributed by atoms with Crippen molar-refractivity contribution in [3.8, 4) is 5.75 Å². The molecule has 0 amide bonds. The molecule has 14 heavy (non-hydrogen) atoms. The zero-order valence-corrected chi connectivity index (χ0v) is 9.32. The molecular weight excluding hydrogens is 174 g/mol. The second kappa shape index (κ2) is 4.89. The molecule has 1 rings (SSSR count). The van der Waals surface area contributed by atoms with Gasteiger partial charge in [-0.25, -0.2) is 0 Å². The van der Waals surface area contributed by atoms with E-state index in [1.807, 2.05) is 57.1 Å². The van der Waals surface area contributed by atoms with E-state index in [1.165, 1.54) is 0 Å². The second-order valence-corrected chi connectivity index (χ2v) is 3.55. The number of hydrogen-bond acceptors (Lipinski definition) is 2. The molecule has 0 N–H and O–H groups in total. The Bertz CT molecular complexity index is 312. The van der Waals surface area contributed by atoms with E-state index in [4.69, 9.17) is 6.11 Å². The lowest BCUT2D eigenvalue weighted by Crippen LogP contribution is -2.11. The van der Waals surface area contributed by atoms with Crippen molar-refractivity contribution in [2.75, 3.05) is 19.0 Å². The fourth-order valence-electron chi connectivity index (χ4n) is 1.12. The molecule has 0 fully saturated rings. The van der Waals surface area contributed by atoms with Crippen LogP contribution >= 0.6 is 0 Å². The third-order valence-electron chi connectivity index (χ3n) is 2.13. The molecule has 2 heteroatoms. The molecule has 78 valence electrons. The molecule has 0 aliphatic carbocycles. The quantitative estimate of drug-likeness (QED) is 0.730. The lowest BCUT2D eigenvalue weighted by molar-refractivity contribution is 0.217. The predicted molar refractivity (Wildman–Crippen MR) is 61.2 cm³/mol. The number of rotatable bonds is 4. The van der Waals surface area contributed by atoms with E-state index in [-0.39, 0.29) is 12.5 Å². The van der Waals surface area contributed by atoms with Crippen LogP contribution in [0.2, 0.25) is 0 Å². The van der Waals surface area contributed by atoms with Crippen LogP contribution in [0.15, 0.2) is 24.3 Å². The first-order chi connectivity index (χ1) is 7.00. The Labute approximate surface area is 87.9 Å². The fraction of sp³-hybridized carbons (Fsp3) is 0.500. The lowest BCUT2D eigenvalue weighted by Gasteiger charge is -2.16. The van der Waals surface area contributed by atoms with E-state index in [2.05, 4.69) is 0 Å². The summed E-state index contributed by atoms with van der Waals surface area (Å²) in [5.41, 5.74) is 1.11. The Kier molecular flexibility index (Phi) is 3.28. The Morgan fingerprint density at radius 2 is 2.21 bits per heavy atom. The van der Waals surface area contributed by atoms with Crippen LogP contribution in [-0.4, -0.2) is 20.2 Å². The van der Waals surface area contributed by atoms with Crippen molar-refractivity contribution in [2.45, 2.75) is 26.3 Å². The molecule has 0 spiro atoms. The van der Waals surface area contributed by atoms with Crippen LogP contribution in [0.4, 0.5) is 5.69 Å². The summed E-state index contributed by atoms with van der Waals surface area (Å²) in [6.45, 7) is 3.75. The Morgan fingerprint density at radius 1 is 1.50 bits per heavy atom. The van der Waals surface area contributed by atoms with E-state index < -0.39 is 0 Å². The minimum absolute atomic E-state index is 0.0811. The number of benzene rings is 1. The molecule has 0 saturated heterocycles. The molecule has 0 heterocycles. The average Bonchev–Trinajstić information content (AvgIpc) is 2.18. The highest BCUT2D eigenvalue weighted by molar-refractivity contribution is 5.49. The normalized spacial score (nSPS) is 15.6. The number of hydrogen-bond donors (Lipinski definition) is 0. The first kappa shape index (κ1) is 9.38. The lowest BCUT2D eigenvalue weighted by atomic mass is 10.2. The summed E-state index contributed by atoms with van der Waals surface area (Å²) in [6, 6.07) is 7.90. The first-order valence-corrected chi connectivity index (χ1v) is 4.87. The van der Waals surface area contributed by atoms with Gasteiger partial charge in [-0.15, -0.1) is 0 Å². The molecule has 0 bridgehead atoms. The van der Waals surface area contributed by atoms with Crippen LogP contribution < -0.4 is 9.64 Å². The Morgan fingerprint density at radius 3 is 2.79 bits per heavy atom. The van der Waals surface area contributed by atoms with Gasteiger partial charge in [0.2, 0.25) is 0 Å². The van der Waals surface area contributed by atoms with Gasteiger partial charge in [0, 0.05) is 27.2 Å². The molecule has 2 nitrogen and oxygen atoms in total. The summed E-state index contributed by atoms with van der Waals surface area (Å²) < 4.78 is 13.2. The van der Waals surface area contributed by atoms with Gasteiger partial charge in [0.15, 0.2) is 0 Å². The van der Waals surface area contributed by atoms with Crippen molar-refractivity contribution in [1.29, 1.82) is 0 Å². The van der Waals surface area contributed by atoms with Crippen molar-refractivity contribution in [3.05, 3.63) is 24.3 Å². The Balaban J connectivity index is 2.73. The van der Waals surface area contributed by atoms with Gasteiger partial charge in [0.05, 0.1) is 6.10 Å². The van der Waals surface area contributed by atoms with Gasteiger partial charge in [0.1, 0.15) is 5.75 Å². The highest BCUT2D eigenvalue weighted by Crippen LogP contribution is 2.20. The monoisotopic (exact) mass is 194 g/mol.